The number of carboxylic acid groups (broad SMARTS) is 2. The van der Waals surface area contributed by atoms with Gasteiger partial charge < -0.3 is 15.5 Å². The average Bonchev–Trinajstić information content (AvgIpc) is 2.44. The molecule has 0 saturated heterocycles. The molecule has 3 N–H and O–H groups in total. The number of carbonyl (C=O) groups excluding carboxylic acids is 1. The van der Waals surface area contributed by atoms with Crippen molar-refractivity contribution < 1.29 is 24.6 Å². The number of nitrogens with one attached hydrogen (secondary N) is 1. The third-order valence-corrected chi connectivity index (χ3v) is 3.22. The van der Waals surface area contributed by atoms with Crippen LogP contribution in [-0.4, -0.2) is 34.1 Å². The van der Waals surface area contributed by atoms with E-state index in [0.717, 1.165) is 0 Å². The summed E-state index contributed by atoms with van der Waals surface area (Å²) in [5.41, 5.74) is 0.709. The first-order valence-corrected chi connectivity index (χ1v) is 7.11. The van der Waals surface area contributed by atoms with Crippen LogP contribution in [0.15, 0.2) is 30.3 Å². The molecule has 1 aromatic rings. The largest absolute Gasteiger partial charge is 0.481 e. The van der Waals surface area contributed by atoms with E-state index in [-0.39, 0.29) is 18.8 Å². The number of carboxylic acids is 2. The van der Waals surface area contributed by atoms with Gasteiger partial charge in [0.25, 0.3) is 0 Å². The Hall–Kier alpha value is -2.37. The Labute approximate surface area is 129 Å². The molecule has 0 radical (unpaired) electrons. The highest BCUT2D eigenvalue weighted by Crippen LogP contribution is 2.11. The van der Waals surface area contributed by atoms with Gasteiger partial charge in [0.15, 0.2) is 0 Å². The Balaban J connectivity index is 2.80. The smallest absolute Gasteiger partial charge is 0.326 e. The van der Waals surface area contributed by atoms with E-state index in [1.807, 2.05) is 13.8 Å². The zero-order valence-electron chi connectivity index (χ0n) is 12.7. The van der Waals surface area contributed by atoms with Crippen molar-refractivity contribution >= 4 is 17.8 Å². The summed E-state index contributed by atoms with van der Waals surface area (Å²) in [7, 11) is 0. The Morgan fingerprint density at radius 1 is 1.05 bits per heavy atom. The van der Waals surface area contributed by atoms with Gasteiger partial charge in [-0.3, -0.25) is 9.59 Å². The van der Waals surface area contributed by atoms with Crippen LogP contribution in [0.3, 0.4) is 0 Å². The first kappa shape index (κ1) is 17.7. The SMILES string of the molecule is CC(C)C[C@H](NC(=O)C(Cc1ccccc1)C(=O)O)C(=O)O. The molecule has 22 heavy (non-hydrogen) atoms. The molecule has 6 nitrogen and oxygen atoms in total. The molecule has 1 unspecified atom stereocenters. The molecule has 0 bridgehead atoms. The Bertz CT molecular complexity index is 527. The molecule has 1 amide bonds. The van der Waals surface area contributed by atoms with Crippen molar-refractivity contribution in [3.8, 4) is 0 Å². The second-order valence-corrected chi connectivity index (χ2v) is 5.61. The fourth-order valence-corrected chi connectivity index (χ4v) is 2.11. The number of carbonyl (C=O) groups is 3. The maximum atomic E-state index is 12.1. The number of aliphatic carboxylic acids is 2. The standard InChI is InChI=1S/C16H21NO5/c1-10(2)8-13(16(21)22)17-14(18)12(15(19)20)9-11-6-4-3-5-7-11/h3-7,10,12-13H,8-9H2,1-2H3,(H,17,18)(H,19,20)(H,21,22)/t12?,13-/m0/s1. The molecule has 6 heteroatoms. The molecular formula is C16H21NO5. The first-order chi connectivity index (χ1) is 10.3. The number of hydrogen-bond donors (Lipinski definition) is 3. The summed E-state index contributed by atoms with van der Waals surface area (Å²) < 4.78 is 0. The van der Waals surface area contributed by atoms with Gasteiger partial charge in [-0.15, -0.1) is 0 Å². The molecule has 0 aliphatic rings. The lowest BCUT2D eigenvalue weighted by molar-refractivity contribution is -0.150. The minimum Gasteiger partial charge on any atom is -0.481 e. The maximum Gasteiger partial charge on any atom is 0.326 e. The van der Waals surface area contributed by atoms with Crippen LogP contribution in [0, 0.1) is 11.8 Å². The third kappa shape index (κ3) is 5.55. The lowest BCUT2D eigenvalue weighted by atomic mass is 9.97. The lowest BCUT2D eigenvalue weighted by Gasteiger charge is -2.19. The second-order valence-electron chi connectivity index (χ2n) is 5.61. The fourth-order valence-electron chi connectivity index (χ4n) is 2.11. The quantitative estimate of drug-likeness (QED) is 0.632. The van der Waals surface area contributed by atoms with Gasteiger partial charge in [-0.2, -0.15) is 0 Å². The van der Waals surface area contributed by atoms with Crippen molar-refractivity contribution in [2.24, 2.45) is 11.8 Å². The van der Waals surface area contributed by atoms with Gasteiger partial charge in [-0.25, -0.2) is 4.79 Å². The van der Waals surface area contributed by atoms with E-state index < -0.39 is 29.8 Å². The third-order valence-electron chi connectivity index (χ3n) is 3.22. The van der Waals surface area contributed by atoms with Crippen molar-refractivity contribution in [3.05, 3.63) is 35.9 Å². The van der Waals surface area contributed by atoms with E-state index in [2.05, 4.69) is 5.32 Å². The highest BCUT2D eigenvalue weighted by molar-refractivity contribution is 5.98. The van der Waals surface area contributed by atoms with Crippen molar-refractivity contribution in [3.63, 3.8) is 0 Å². The molecule has 120 valence electrons. The van der Waals surface area contributed by atoms with Crippen molar-refractivity contribution in [2.45, 2.75) is 32.7 Å². The maximum absolute atomic E-state index is 12.1. The first-order valence-electron chi connectivity index (χ1n) is 7.11. The summed E-state index contributed by atoms with van der Waals surface area (Å²) in [4.78, 5) is 34.6. The highest BCUT2D eigenvalue weighted by atomic mass is 16.4. The molecule has 0 aromatic heterocycles. The molecule has 2 atom stereocenters. The van der Waals surface area contributed by atoms with E-state index >= 15 is 0 Å². The summed E-state index contributed by atoms with van der Waals surface area (Å²) in [5, 5.41) is 20.7. The van der Waals surface area contributed by atoms with Crippen molar-refractivity contribution in [2.75, 3.05) is 0 Å². The van der Waals surface area contributed by atoms with Crippen molar-refractivity contribution in [1.29, 1.82) is 0 Å². The van der Waals surface area contributed by atoms with Crippen LogP contribution in [0.25, 0.3) is 0 Å². The van der Waals surface area contributed by atoms with E-state index in [9.17, 15) is 19.5 Å². The van der Waals surface area contributed by atoms with Gasteiger partial charge in [0.05, 0.1) is 0 Å². The molecular weight excluding hydrogens is 286 g/mol. The number of rotatable bonds is 8. The van der Waals surface area contributed by atoms with E-state index in [4.69, 9.17) is 5.11 Å². The number of benzene rings is 1. The predicted molar refractivity (Wildman–Crippen MR) is 80.3 cm³/mol. The predicted octanol–water partition coefficient (Wildman–Crippen LogP) is 1.55. The van der Waals surface area contributed by atoms with Crippen LogP contribution in [-0.2, 0) is 20.8 Å². The minimum absolute atomic E-state index is 0.0238. The second kappa shape index (κ2) is 8.17. The molecule has 0 aliphatic heterocycles. The minimum atomic E-state index is -1.31. The average molecular weight is 307 g/mol. The van der Waals surface area contributed by atoms with Gasteiger partial charge in [0.2, 0.25) is 5.91 Å². The van der Waals surface area contributed by atoms with Crippen LogP contribution < -0.4 is 5.32 Å². The molecule has 1 rings (SSSR count). The Morgan fingerprint density at radius 3 is 2.09 bits per heavy atom. The summed E-state index contributed by atoms with van der Waals surface area (Å²) in [5.74, 6) is -4.44. The summed E-state index contributed by atoms with van der Waals surface area (Å²) in [6.07, 6.45) is 0.273. The summed E-state index contributed by atoms with van der Waals surface area (Å²) in [6.45, 7) is 3.67. The van der Waals surface area contributed by atoms with Crippen molar-refractivity contribution in [1.82, 2.24) is 5.32 Å². The van der Waals surface area contributed by atoms with Crippen LogP contribution >= 0.6 is 0 Å². The summed E-state index contributed by atoms with van der Waals surface area (Å²) in [6, 6.07) is 7.68. The van der Waals surface area contributed by atoms with Gasteiger partial charge in [-0.05, 0) is 24.3 Å². The van der Waals surface area contributed by atoms with E-state index in [1.54, 1.807) is 30.3 Å². The van der Waals surface area contributed by atoms with Crippen LogP contribution in [0.5, 0.6) is 0 Å². The highest BCUT2D eigenvalue weighted by Gasteiger charge is 2.30. The summed E-state index contributed by atoms with van der Waals surface area (Å²) >= 11 is 0. The number of hydrogen-bond acceptors (Lipinski definition) is 3. The molecule has 0 heterocycles. The zero-order chi connectivity index (χ0) is 16.7. The van der Waals surface area contributed by atoms with Crippen LogP contribution in [0.4, 0.5) is 0 Å². The Morgan fingerprint density at radius 2 is 1.64 bits per heavy atom. The van der Waals surface area contributed by atoms with E-state index in [1.165, 1.54) is 0 Å². The van der Waals surface area contributed by atoms with Crippen LogP contribution in [0.1, 0.15) is 25.8 Å². The van der Waals surface area contributed by atoms with Gasteiger partial charge in [0.1, 0.15) is 12.0 Å². The van der Waals surface area contributed by atoms with Gasteiger partial charge >= 0.3 is 11.9 Å². The zero-order valence-corrected chi connectivity index (χ0v) is 12.7. The Kier molecular flexibility index (Phi) is 6.56. The normalized spacial score (nSPS) is 13.4. The molecule has 0 fully saturated rings. The fraction of sp³-hybridized carbons (Fsp3) is 0.438. The number of amides is 1. The lowest BCUT2D eigenvalue weighted by Crippen LogP contribution is -2.46. The molecule has 1 aromatic carbocycles. The molecule has 0 spiro atoms. The topological polar surface area (TPSA) is 104 Å². The van der Waals surface area contributed by atoms with Gasteiger partial charge in [0, 0.05) is 0 Å². The monoisotopic (exact) mass is 307 g/mol. The molecule has 0 saturated carbocycles. The van der Waals surface area contributed by atoms with Gasteiger partial charge in [-0.1, -0.05) is 44.2 Å². The van der Waals surface area contributed by atoms with Crippen LogP contribution in [0.2, 0.25) is 0 Å². The molecule has 0 aliphatic carbocycles. The van der Waals surface area contributed by atoms with E-state index in [0.29, 0.717) is 5.56 Å².